The fraction of sp³-hybridized carbons (Fsp3) is 0.500. The molecule has 2 N–H and O–H groups in total. The predicted octanol–water partition coefficient (Wildman–Crippen LogP) is 2.62. The van der Waals surface area contributed by atoms with E-state index in [9.17, 15) is 19.2 Å². The van der Waals surface area contributed by atoms with E-state index < -0.39 is 18.1 Å². The Morgan fingerprint density at radius 2 is 1.97 bits per heavy atom. The van der Waals surface area contributed by atoms with Crippen LogP contribution in [0.15, 0.2) is 30.5 Å². The summed E-state index contributed by atoms with van der Waals surface area (Å²) in [7, 11) is 0. The van der Waals surface area contributed by atoms with Crippen LogP contribution >= 0.6 is 11.8 Å². The average molecular weight is 474 g/mol. The summed E-state index contributed by atoms with van der Waals surface area (Å²) in [5.74, 6) is -0.731. The Hall–Kier alpha value is -2.65. The first kappa shape index (κ1) is 25.0. The van der Waals surface area contributed by atoms with Gasteiger partial charge in [-0.3, -0.25) is 23.7 Å². The summed E-state index contributed by atoms with van der Waals surface area (Å²) in [4.78, 5) is 51.6. The van der Waals surface area contributed by atoms with Crippen molar-refractivity contribution in [3.05, 3.63) is 36.0 Å². The molecule has 0 spiro atoms. The van der Waals surface area contributed by atoms with Gasteiger partial charge in [0.1, 0.15) is 12.1 Å². The molecule has 3 rings (SSSR count). The molecule has 2 heterocycles. The second kappa shape index (κ2) is 11.0. The van der Waals surface area contributed by atoms with Crippen molar-refractivity contribution in [2.45, 2.75) is 52.1 Å². The molecule has 0 radical (unpaired) electrons. The van der Waals surface area contributed by atoms with Crippen LogP contribution in [-0.4, -0.2) is 63.4 Å². The average Bonchev–Trinajstić information content (AvgIpc) is 3.42. The Morgan fingerprint density at radius 3 is 2.67 bits per heavy atom. The number of hydrogen-bond acceptors (Lipinski definition) is 7. The van der Waals surface area contributed by atoms with Gasteiger partial charge < -0.3 is 15.4 Å². The molecule has 1 aliphatic heterocycles. The third-order valence-electron chi connectivity index (χ3n) is 5.84. The van der Waals surface area contributed by atoms with Gasteiger partial charge in [-0.05, 0) is 31.4 Å². The maximum atomic E-state index is 13.6. The minimum Gasteiger partial charge on any atom is -0.465 e. The van der Waals surface area contributed by atoms with E-state index >= 15 is 0 Å². The molecular formula is C24H31N3O5S. The van der Waals surface area contributed by atoms with Crippen LogP contribution in [0, 0.1) is 5.92 Å². The number of carbonyl (C=O) groups excluding carboxylic acids is 4. The van der Waals surface area contributed by atoms with E-state index in [-0.39, 0.29) is 35.9 Å². The highest BCUT2D eigenvalue weighted by Gasteiger charge is 2.37. The van der Waals surface area contributed by atoms with Crippen molar-refractivity contribution in [2.75, 3.05) is 18.9 Å². The normalized spacial score (nSPS) is 17.7. The highest BCUT2D eigenvalue weighted by molar-refractivity contribution is 8.13. The first-order valence-corrected chi connectivity index (χ1v) is 12.2. The number of likely N-dealkylation sites (tertiary alicyclic amines) is 1. The number of carbonyl (C=O) groups is 4. The molecule has 1 aromatic carbocycles. The maximum absolute atomic E-state index is 13.6. The Labute approximate surface area is 197 Å². The minimum atomic E-state index is -0.830. The number of nitrogens with two attached hydrogens (primary N) is 1. The van der Waals surface area contributed by atoms with Crippen molar-refractivity contribution in [1.82, 2.24) is 9.47 Å². The van der Waals surface area contributed by atoms with Crippen LogP contribution in [0.5, 0.6) is 0 Å². The highest BCUT2D eigenvalue weighted by atomic mass is 32.2. The summed E-state index contributed by atoms with van der Waals surface area (Å²) in [5, 5.41) is 0.809. The van der Waals surface area contributed by atoms with Gasteiger partial charge in [-0.2, -0.15) is 0 Å². The molecular weight excluding hydrogens is 442 g/mol. The Kier molecular flexibility index (Phi) is 8.31. The second-order valence-corrected chi connectivity index (χ2v) is 9.53. The maximum Gasteiger partial charge on any atom is 0.323 e. The molecule has 1 fully saturated rings. The number of nitrogens with zero attached hydrogens (tertiary/aromatic N) is 2. The molecule has 33 heavy (non-hydrogen) atoms. The van der Waals surface area contributed by atoms with Gasteiger partial charge in [0, 0.05) is 43.1 Å². The van der Waals surface area contributed by atoms with Crippen LogP contribution in [0.4, 0.5) is 0 Å². The van der Waals surface area contributed by atoms with E-state index in [4.69, 9.17) is 10.5 Å². The molecule has 1 aliphatic rings. The molecule has 1 unspecified atom stereocenters. The Balaban J connectivity index is 1.85. The molecule has 1 saturated heterocycles. The van der Waals surface area contributed by atoms with Crippen molar-refractivity contribution in [1.29, 1.82) is 0 Å². The summed E-state index contributed by atoms with van der Waals surface area (Å²) in [5.41, 5.74) is 7.53. The van der Waals surface area contributed by atoms with E-state index in [2.05, 4.69) is 0 Å². The lowest BCUT2D eigenvalue weighted by Gasteiger charge is -2.26. The first-order valence-electron chi connectivity index (χ1n) is 11.2. The van der Waals surface area contributed by atoms with Crippen molar-refractivity contribution in [3.63, 3.8) is 0 Å². The van der Waals surface area contributed by atoms with Gasteiger partial charge in [0.05, 0.1) is 12.1 Å². The molecule has 0 aliphatic carbocycles. The largest absolute Gasteiger partial charge is 0.465 e. The number of ether oxygens (including phenoxy) is 1. The topological polar surface area (TPSA) is 112 Å². The molecule has 0 saturated carbocycles. The minimum absolute atomic E-state index is 0.0314. The summed E-state index contributed by atoms with van der Waals surface area (Å²) in [6.45, 7) is 5.76. The zero-order valence-electron chi connectivity index (χ0n) is 19.3. The van der Waals surface area contributed by atoms with Crippen LogP contribution in [0.1, 0.15) is 44.0 Å². The number of hydrogen-bond donors (Lipinski definition) is 1. The van der Waals surface area contributed by atoms with Crippen molar-refractivity contribution in [2.24, 2.45) is 11.7 Å². The third-order valence-corrected chi connectivity index (χ3v) is 6.91. The molecule has 1 amide bonds. The molecule has 9 heteroatoms. The number of aromatic nitrogens is 1. The van der Waals surface area contributed by atoms with E-state index in [0.717, 1.165) is 29.1 Å². The fourth-order valence-corrected chi connectivity index (χ4v) is 4.84. The summed E-state index contributed by atoms with van der Waals surface area (Å²) in [6, 6.07) is 6.06. The molecule has 2 aromatic rings. The van der Waals surface area contributed by atoms with E-state index in [1.165, 1.54) is 6.92 Å². The van der Waals surface area contributed by atoms with Gasteiger partial charge in [-0.1, -0.05) is 36.9 Å². The van der Waals surface area contributed by atoms with Gasteiger partial charge in [0.25, 0.3) is 5.91 Å². The monoisotopic (exact) mass is 473 g/mol. The molecule has 178 valence electrons. The fourth-order valence-electron chi connectivity index (χ4n) is 4.21. The number of rotatable bonds is 8. The zero-order chi connectivity index (χ0) is 24.1. The van der Waals surface area contributed by atoms with Crippen molar-refractivity contribution < 1.29 is 23.9 Å². The highest BCUT2D eigenvalue weighted by Crippen LogP contribution is 2.27. The van der Waals surface area contributed by atoms with Crippen LogP contribution in [0.3, 0.4) is 0 Å². The molecule has 3 atom stereocenters. The number of amides is 1. The predicted molar refractivity (Wildman–Crippen MR) is 128 cm³/mol. The second-order valence-electron chi connectivity index (χ2n) is 8.34. The third kappa shape index (κ3) is 5.65. The number of thioether (sulfide) groups is 1. The number of esters is 1. The standard InChI is InChI=1S/C24H31N3O5S/c1-4-32-24(31)19(25)12-17-13-27(20-9-6-5-8-18(17)20)23(30)21-10-7-11-26(21)22(29)15(2)14-33-16(3)28/h5-6,8-9,13,15,19,21H,4,7,10-12,14,25H2,1-3H3/t15?,19-,21-/m0/s1. The first-order chi connectivity index (χ1) is 15.7. The van der Waals surface area contributed by atoms with E-state index in [0.29, 0.717) is 24.2 Å². The van der Waals surface area contributed by atoms with E-state index in [1.54, 1.807) is 29.5 Å². The zero-order valence-corrected chi connectivity index (χ0v) is 20.1. The lowest BCUT2D eigenvalue weighted by Crippen LogP contribution is -2.45. The Morgan fingerprint density at radius 1 is 1.24 bits per heavy atom. The van der Waals surface area contributed by atoms with Crippen molar-refractivity contribution in [3.8, 4) is 0 Å². The van der Waals surface area contributed by atoms with Gasteiger partial charge in [-0.25, -0.2) is 0 Å². The molecule has 1 aromatic heterocycles. The number of para-hydroxylation sites is 1. The summed E-state index contributed by atoms with van der Waals surface area (Å²) >= 11 is 1.12. The van der Waals surface area contributed by atoms with Gasteiger partial charge in [0.15, 0.2) is 5.12 Å². The van der Waals surface area contributed by atoms with Gasteiger partial charge >= 0.3 is 5.97 Å². The van der Waals surface area contributed by atoms with Crippen molar-refractivity contribution >= 4 is 45.6 Å². The van der Waals surface area contributed by atoms with Crippen LogP contribution in [-0.2, 0) is 25.5 Å². The quantitative estimate of drug-likeness (QED) is 0.587. The van der Waals surface area contributed by atoms with Gasteiger partial charge in [0.2, 0.25) is 5.91 Å². The lowest BCUT2D eigenvalue weighted by atomic mass is 10.1. The van der Waals surface area contributed by atoms with Gasteiger partial charge in [-0.15, -0.1) is 0 Å². The van der Waals surface area contributed by atoms with E-state index in [1.807, 2.05) is 24.3 Å². The van der Waals surface area contributed by atoms with Crippen LogP contribution in [0.25, 0.3) is 10.9 Å². The SMILES string of the molecule is CCOC(=O)[C@@H](N)Cc1cn(C(=O)[C@@H]2CCCN2C(=O)C(C)CSC(C)=O)c2ccccc12. The molecule has 8 nitrogen and oxygen atoms in total. The number of fused-ring (bicyclic) bond motifs is 1. The summed E-state index contributed by atoms with van der Waals surface area (Å²) in [6.07, 6.45) is 3.30. The molecule has 0 bridgehead atoms. The summed E-state index contributed by atoms with van der Waals surface area (Å²) < 4.78 is 6.59. The van der Waals surface area contributed by atoms with Crippen LogP contribution < -0.4 is 5.73 Å². The number of benzene rings is 1. The smallest absolute Gasteiger partial charge is 0.323 e. The van der Waals surface area contributed by atoms with Crippen LogP contribution in [0.2, 0.25) is 0 Å². The Bertz CT molecular complexity index is 1050. The lowest BCUT2D eigenvalue weighted by molar-refractivity contribution is -0.144.